The lowest BCUT2D eigenvalue weighted by Crippen LogP contribution is -2.42. The van der Waals surface area contributed by atoms with Crippen LogP contribution in [0.25, 0.3) is 0 Å². The third kappa shape index (κ3) is 5.22. The first-order valence-electron chi connectivity index (χ1n) is 8.27. The highest BCUT2D eigenvalue weighted by atomic mass is 19.1. The fourth-order valence-corrected chi connectivity index (χ4v) is 2.96. The van der Waals surface area contributed by atoms with E-state index < -0.39 is 11.8 Å². The maximum Gasteiger partial charge on any atom is 0.310 e. The van der Waals surface area contributed by atoms with E-state index in [4.69, 9.17) is 9.47 Å². The largest absolute Gasteiger partial charge is 0.494 e. The SMILES string of the molecule is COc1ccc(CC(=O)OCC(=O)NC2CCCCC2C)cc1F. The van der Waals surface area contributed by atoms with Gasteiger partial charge in [-0.2, -0.15) is 0 Å². The number of methoxy groups -OCH3 is 1. The highest BCUT2D eigenvalue weighted by molar-refractivity contribution is 5.81. The van der Waals surface area contributed by atoms with E-state index in [9.17, 15) is 14.0 Å². The summed E-state index contributed by atoms with van der Waals surface area (Å²) in [7, 11) is 1.37. The van der Waals surface area contributed by atoms with Crippen LogP contribution in [0.1, 0.15) is 38.2 Å². The van der Waals surface area contributed by atoms with E-state index in [1.54, 1.807) is 6.07 Å². The molecule has 2 rings (SSSR count). The highest BCUT2D eigenvalue weighted by Crippen LogP contribution is 2.23. The minimum atomic E-state index is -0.564. The van der Waals surface area contributed by atoms with Gasteiger partial charge in [0.2, 0.25) is 0 Å². The maximum absolute atomic E-state index is 13.6. The minimum Gasteiger partial charge on any atom is -0.494 e. The van der Waals surface area contributed by atoms with E-state index in [1.807, 2.05) is 0 Å². The third-order valence-corrected chi connectivity index (χ3v) is 4.39. The van der Waals surface area contributed by atoms with Crippen LogP contribution in [-0.2, 0) is 20.7 Å². The van der Waals surface area contributed by atoms with Gasteiger partial charge < -0.3 is 14.8 Å². The molecule has 0 heterocycles. The topological polar surface area (TPSA) is 64.6 Å². The van der Waals surface area contributed by atoms with Gasteiger partial charge in [-0.05, 0) is 36.5 Å². The summed E-state index contributed by atoms with van der Waals surface area (Å²) in [5, 5.41) is 2.92. The molecular formula is C18H24FNO4. The first kappa shape index (κ1) is 18.2. The van der Waals surface area contributed by atoms with Crippen molar-refractivity contribution in [1.29, 1.82) is 0 Å². The van der Waals surface area contributed by atoms with Crippen LogP contribution in [0.5, 0.6) is 5.75 Å². The summed E-state index contributed by atoms with van der Waals surface area (Å²) >= 11 is 0. The standard InChI is InChI=1S/C18H24FNO4/c1-12-5-3-4-6-15(12)20-17(21)11-24-18(22)10-13-7-8-16(23-2)14(19)9-13/h7-9,12,15H,3-6,10-11H2,1-2H3,(H,20,21). The van der Waals surface area contributed by atoms with Crippen LogP contribution in [0.2, 0.25) is 0 Å². The van der Waals surface area contributed by atoms with Gasteiger partial charge in [-0.3, -0.25) is 9.59 Å². The molecule has 1 aliphatic carbocycles. The minimum absolute atomic E-state index is 0.0893. The Morgan fingerprint density at radius 1 is 1.29 bits per heavy atom. The van der Waals surface area contributed by atoms with Crippen molar-refractivity contribution < 1.29 is 23.5 Å². The number of esters is 1. The molecule has 0 aliphatic heterocycles. The number of hydrogen-bond acceptors (Lipinski definition) is 4. The lowest BCUT2D eigenvalue weighted by atomic mass is 9.86. The summed E-state index contributed by atoms with van der Waals surface area (Å²) in [5.41, 5.74) is 0.472. The first-order valence-corrected chi connectivity index (χ1v) is 8.27. The number of amides is 1. The first-order chi connectivity index (χ1) is 11.5. The van der Waals surface area contributed by atoms with Crippen molar-refractivity contribution in [1.82, 2.24) is 5.32 Å². The maximum atomic E-state index is 13.6. The molecule has 1 aromatic rings. The van der Waals surface area contributed by atoms with E-state index >= 15 is 0 Å². The summed E-state index contributed by atoms with van der Waals surface area (Å²) in [4.78, 5) is 23.7. The smallest absolute Gasteiger partial charge is 0.310 e. The zero-order chi connectivity index (χ0) is 17.5. The summed E-state index contributed by atoms with van der Waals surface area (Å²) in [6.07, 6.45) is 4.28. The fourth-order valence-electron chi connectivity index (χ4n) is 2.96. The molecule has 2 atom stereocenters. The van der Waals surface area contributed by atoms with Gasteiger partial charge in [0, 0.05) is 6.04 Å². The molecule has 1 N–H and O–H groups in total. The molecule has 0 bridgehead atoms. The van der Waals surface area contributed by atoms with Gasteiger partial charge in [0.05, 0.1) is 13.5 Å². The third-order valence-electron chi connectivity index (χ3n) is 4.39. The van der Waals surface area contributed by atoms with Crippen molar-refractivity contribution in [2.45, 2.75) is 45.1 Å². The lowest BCUT2D eigenvalue weighted by molar-refractivity contribution is -0.148. The van der Waals surface area contributed by atoms with Crippen molar-refractivity contribution in [3.63, 3.8) is 0 Å². The summed E-state index contributed by atoms with van der Waals surface area (Å²) < 4.78 is 23.4. The molecule has 132 valence electrons. The Morgan fingerprint density at radius 2 is 2.04 bits per heavy atom. The Labute approximate surface area is 141 Å². The van der Waals surface area contributed by atoms with Gasteiger partial charge in [0.15, 0.2) is 18.2 Å². The Morgan fingerprint density at radius 3 is 2.71 bits per heavy atom. The zero-order valence-corrected chi connectivity index (χ0v) is 14.1. The summed E-state index contributed by atoms with van der Waals surface area (Å²) in [6, 6.07) is 4.42. The Hall–Kier alpha value is -2.11. The van der Waals surface area contributed by atoms with Gasteiger partial charge in [0.1, 0.15) is 0 Å². The molecule has 1 aliphatic rings. The van der Waals surface area contributed by atoms with Crippen molar-refractivity contribution in [2.75, 3.05) is 13.7 Å². The van der Waals surface area contributed by atoms with Crippen LogP contribution < -0.4 is 10.1 Å². The number of nitrogens with one attached hydrogen (secondary N) is 1. The van der Waals surface area contributed by atoms with Gasteiger partial charge in [-0.1, -0.05) is 25.8 Å². The molecule has 24 heavy (non-hydrogen) atoms. The van der Waals surface area contributed by atoms with E-state index in [0.29, 0.717) is 11.5 Å². The average molecular weight is 337 g/mol. The predicted octanol–water partition coefficient (Wildman–Crippen LogP) is 2.61. The second-order valence-corrected chi connectivity index (χ2v) is 6.24. The quantitative estimate of drug-likeness (QED) is 0.811. The molecule has 0 radical (unpaired) electrons. The van der Waals surface area contributed by atoms with Gasteiger partial charge >= 0.3 is 5.97 Å². The summed E-state index contributed by atoms with van der Waals surface area (Å²) in [5.74, 6) is -0.824. The molecule has 6 heteroatoms. The Bertz CT molecular complexity index is 590. The van der Waals surface area contributed by atoms with Crippen LogP contribution in [0.4, 0.5) is 4.39 Å². The molecule has 1 amide bonds. The van der Waals surface area contributed by atoms with Crippen LogP contribution in [0, 0.1) is 11.7 Å². The number of carbonyl (C=O) groups is 2. The van der Waals surface area contributed by atoms with Crippen molar-refractivity contribution in [3.8, 4) is 5.75 Å². The van der Waals surface area contributed by atoms with Gasteiger partial charge in [-0.25, -0.2) is 4.39 Å². The molecule has 0 saturated heterocycles. The number of carbonyl (C=O) groups excluding carboxylic acids is 2. The second kappa shape index (κ2) is 8.66. The number of halogens is 1. The number of ether oxygens (including phenoxy) is 2. The van der Waals surface area contributed by atoms with Crippen molar-refractivity contribution >= 4 is 11.9 Å². The normalized spacial score (nSPS) is 20.3. The Kier molecular flexibility index (Phi) is 6.58. The van der Waals surface area contributed by atoms with E-state index in [2.05, 4.69) is 12.2 Å². The van der Waals surface area contributed by atoms with E-state index in [0.717, 1.165) is 19.3 Å². The number of rotatable bonds is 6. The Balaban J connectivity index is 1.76. The highest BCUT2D eigenvalue weighted by Gasteiger charge is 2.23. The van der Waals surface area contributed by atoms with Crippen LogP contribution in [0.15, 0.2) is 18.2 Å². The van der Waals surface area contributed by atoms with E-state index in [-0.39, 0.29) is 30.7 Å². The fraction of sp³-hybridized carbons (Fsp3) is 0.556. The zero-order valence-electron chi connectivity index (χ0n) is 14.1. The van der Waals surface area contributed by atoms with Gasteiger partial charge in [-0.15, -0.1) is 0 Å². The monoisotopic (exact) mass is 337 g/mol. The lowest BCUT2D eigenvalue weighted by Gasteiger charge is -2.29. The van der Waals surface area contributed by atoms with Crippen molar-refractivity contribution in [3.05, 3.63) is 29.6 Å². The molecule has 1 fully saturated rings. The molecule has 5 nitrogen and oxygen atoms in total. The molecule has 0 aromatic heterocycles. The van der Waals surface area contributed by atoms with Crippen LogP contribution in [0.3, 0.4) is 0 Å². The van der Waals surface area contributed by atoms with Gasteiger partial charge in [0.25, 0.3) is 5.91 Å². The number of benzene rings is 1. The number of hydrogen-bond donors (Lipinski definition) is 1. The molecule has 1 aromatic carbocycles. The summed E-state index contributed by atoms with van der Waals surface area (Å²) in [6.45, 7) is 1.81. The second-order valence-electron chi connectivity index (χ2n) is 6.24. The predicted molar refractivity (Wildman–Crippen MR) is 87.2 cm³/mol. The molecular weight excluding hydrogens is 313 g/mol. The molecule has 2 unspecified atom stereocenters. The average Bonchev–Trinajstić information content (AvgIpc) is 2.55. The molecule has 0 spiro atoms. The molecule has 1 saturated carbocycles. The van der Waals surface area contributed by atoms with Crippen LogP contribution in [-0.4, -0.2) is 31.6 Å². The van der Waals surface area contributed by atoms with E-state index in [1.165, 1.54) is 25.7 Å². The van der Waals surface area contributed by atoms with Crippen LogP contribution >= 0.6 is 0 Å². The van der Waals surface area contributed by atoms with Crippen molar-refractivity contribution in [2.24, 2.45) is 5.92 Å².